The van der Waals surface area contributed by atoms with Gasteiger partial charge >= 0.3 is 0 Å². The van der Waals surface area contributed by atoms with Gasteiger partial charge in [0.15, 0.2) is 21.6 Å². The van der Waals surface area contributed by atoms with Crippen molar-refractivity contribution >= 4 is 34.0 Å². The summed E-state index contributed by atoms with van der Waals surface area (Å²) in [5, 5.41) is 19.2. The molecule has 3 aliphatic rings. The molecule has 2 aromatic rings. The van der Waals surface area contributed by atoms with Gasteiger partial charge in [0.05, 0.1) is 17.6 Å². The second-order valence-electron chi connectivity index (χ2n) is 7.21. The molecule has 0 amide bonds. The maximum atomic E-state index is 13.1. The number of carbonyl (C=O) groups excluding carboxylic acids is 1. The summed E-state index contributed by atoms with van der Waals surface area (Å²) in [5.74, 6) is 1.91. The summed E-state index contributed by atoms with van der Waals surface area (Å²) in [5.41, 5.74) is 9.08. The van der Waals surface area contributed by atoms with Crippen molar-refractivity contribution in [2.75, 3.05) is 17.4 Å². The third-order valence-electron chi connectivity index (χ3n) is 5.50. The largest absolute Gasteiger partial charge is 0.454 e. The standard InChI is InChI=1S/C21H19N5O3S2/c1-2-30-21-25-24-20(31-21)26-13-4-3-5-14(27)18(13)17(12(9-22)19(26)23)11-6-7-15-16(8-11)29-10-28-15/h6-8,17H,2-5,10,23H2,1H3. The first-order valence-corrected chi connectivity index (χ1v) is 11.7. The van der Waals surface area contributed by atoms with Gasteiger partial charge in [-0.05, 0) is 36.3 Å². The van der Waals surface area contributed by atoms with Crippen LogP contribution in [-0.4, -0.2) is 28.5 Å². The van der Waals surface area contributed by atoms with Gasteiger partial charge < -0.3 is 15.2 Å². The van der Waals surface area contributed by atoms with E-state index in [4.69, 9.17) is 15.2 Å². The molecule has 0 fully saturated rings. The minimum Gasteiger partial charge on any atom is -0.454 e. The summed E-state index contributed by atoms with van der Waals surface area (Å²) in [6.07, 6.45) is 1.85. The first-order chi connectivity index (χ1) is 15.1. The molecule has 0 spiro atoms. The molecule has 8 nitrogen and oxygen atoms in total. The Kier molecular flexibility index (Phi) is 5.08. The normalized spacial score (nSPS) is 20.2. The highest BCUT2D eigenvalue weighted by Gasteiger charge is 2.41. The highest BCUT2D eigenvalue weighted by Crippen LogP contribution is 2.48. The molecule has 31 heavy (non-hydrogen) atoms. The molecule has 1 aromatic carbocycles. The van der Waals surface area contributed by atoms with Gasteiger partial charge in [-0.2, -0.15) is 5.26 Å². The molecule has 0 saturated heterocycles. The fourth-order valence-electron chi connectivity index (χ4n) is 4.21. The van der Waals surface area contributed by atoms with E-state index in [-0.39, 0.29) is 12.6 Å². The van der Waals surface area contributed by atoms with Gasteiger partial charge in [-0.15, -0.1) is 10.2 Å². The number of anilines is 1. The quantitative estimate of drug-likeness (QED) is 0.692. The van der Waals surface area contributed by atoms with Crippen LogP contribution in [0.5, 0.6) is 11.5 Å². The summed E-state index contributed by atoms with van der Waals surface area (Å²) in [7, 11) is 0. The first kappa shape index (κ1) is 19.9. The SMILES string of the molecule is CCSc1nnc(N2C(N)=C(C#N)C(c3ccc4c(c3)OCO4)C3=C2CCCC3=O)s1. The van der Waals surface area contributed by atoms with Gasteiger partial charge in [-0.1, -0.05) is 36.1 Å². The maximum Gasteiger partial charge on any atom is 0.231 e. The van der Waals surface area contributed by atoms with E-state index in [1.165, 1.54) is 11.3 Å². The van der Waals surface area contributed by atoms with E-state index >= 15 is 0 Å². The molecule has 0 bridgehead atoms. The summed E-state index contributed by atoms with van der Waals surface area (Å²) in [4.78, 5) is 14.9. The number of thioether (sulfide) groups is 1. The molecule has 0 saturated carbocycles. The molecule has 5 rings (SSSR count). The van der Waals surface area contributed by atoms with Crippen LogP contribution >= 0.6 is 23.1 Å². The van der Waals surface area contributed by atoms with E-state index < -0.39 is 5.92 Å². The van der Waals surface area contributed by atoms with Gasteiger partial charge in [0.1, 0.15) is 5.82 Å². The van der Waals surface area contributed by atoms with Crippen molar-refractivity contribution in [1.29, 1.82) is 5.26 Å². The molecule has 3 heterocycles. The lowest BCUT2D eigenvalue weighted by Gasteiger charge is -2.38. The summed E-state index contributed by atoms with van der Waals surface area (Å²) >= 11 is 3.01. The zero-order valence-electron chi connectivity index (χ0n) is 16.8. The van der Waals surface area contributed by atoms with E-state index in [0.29, 0.717) is 46.4 Å². The topological polar surface area (TPSA) is 114 Å². The minimum atomic E-state index is -0.545. The van der Waals surface area contributed by atoms with Crippen LogP contribution in [0.15, 0.2) is 45.2 Å². The van der Waals surface area contributed by atoms with E-state index in [0.717, 1.165) is 27.8 Å². The van der Waals surface area contributed by atoms with Crippen LogP contribution in [0.4, 0.5) is 5.13 Å². The number of nitrogens with two attached hydrogens (primary N) is 1. The number of carbonyl (C=O) groups is 1. The predicted molar refractivity (Wildman–Crippen MR) is 117 cm³/mol. The number of allylic oxidation sites excluding steroid dienone is 3. The number of nitriles is 1. The number of nitrogens with zero attached hydrogens (tertiary/aromatic N) is 4. The van der Waals surface area contributed by atoms with Crippen LogP contribution in [0.25, 0.3) is 0 Å². The predicted octanol–water partition coefficient (Wildman–Crippen LogP) is 3.68. The number of fused-ring (bicyclic) bond motifs is 1. The Morgan fingerprint density at radius 1 is 1.32 bits per heavy atom. The summed E-state index contributed by atoms with van der Waals surface area (Å²) < 4.78 is 11.8. The zero-order valence-corrected chi connectivity index (χ0v) is 18.4. The number of ketones is 1. The molecule has 1 atom stereocenters. The van der Waals surface area contributed by atoms with Crippen molar-refractivity contribution in [3.63, 3.8) is 0 Å². The molecule has 1 aromatic heterocycles. The zero-order chi connectivity index (χ0) is 21.5. The third kappa shape index (κ3) is 3.25. The Balaban J connectivity index is 1.67. The molecule has 10 heteroatoms. The van der Waals surface area contributed by atoms with E-state index in [1.807, 2.05) is 25.1 Å². The molecule has 1 aliphatic carbocycles. The average molecular weight is 454 g/mol. The van der Waals surface area contributed by atoms with Crippen LogP contribution in [-0.2, 0) is 4.79 Å². The monoisotopic (exact) mass is 453 g/mol. The summed E-state index contributed by atoms with van der Waals surface area (Å²) in [6.45, 7) is 2.20. The third-order valence-corrected chi connectivity index (χ3v) is 7.42. The maximum absolute atomic E-state index is 13.1. The van der Waals surface area contributed by atoms with Gasteiger partial charge in [0, 0.05) is 17.7 Å². The van der Waals surface area contributed by atoms with Crippen molar-refractivity contribution < 1.29 is 14.3 Å². The van der Waals surface area contributed by atoms with Crippen LogP contribution in [0.3, 0.4) is 0 Å². The number of Topliss-reactive ketones (excluding diaryl/α,β-unsaturated/α-hetero) is 1. The van der Waals surface area contributed by atoms with Gasteiger partial charge in [0.25, 0.3) is 0 Å². The van der Waals surface area contributed by atoms with Crippen molar-refractivity contribution in [3.8, 4) is 17.6 Å². The minimum absolute atomic E-state index is 0.0295. The van der Waals surface area contributed by atoms with Crippen LogP contribution < -0.4 is 20.1 Å². The number of hydrogen-bond acceptors (Lipinski definition) is 10. The highest BCUT2D eigenvalue weighted by molar-refractivity contribution is 8.01. The fourth-order valence-corrected chi connectivity index (χ4v) is 5.98. The number of hydrogen-bond donors (Lipinski definition) is 1. The highest BCUT2D eigenvalue weighted by atomic mass is 32.2. The van der Waals surface area contributed by atoms with Crippen molar-refractivity contribution in [2.24, 2.45) is 5.73 Å². The van der Waals surface area contributed by atoms with Crippen LogP contribution in [0, 0.1) is 11.3 Å². The average Bonchev–Trinajstić information content (AvgIpc) is 3.42. The molecule has 2 N–H and O–H groups in total. The number of ether oxygens (including phenoxy) is 2. The number of aromatic nitrogens is 2. The lowest BCUT2D eigenvalue weighted by Crippen LogP contribution is -2.38. The van der Waals surface area contributed by atoms with Gasteiger partial charge in [-0.25, -0.2) is 0 Å². The molecule has 158 valence electrons. The van der Waals surface area contributed by atoms with Gasteiger partial charge in [-0.3, -0.25) is 9.69 Å². The smallest absolute Gasteiger partial charge is 0.231 e. The lowest BCUT2D eigenvalue weighted by molar-refractivity contribution is -0.116. The van der Waals surface area contributed by atoms with E-state index in [1.54, 1.807) is 16.7 Å². The molecular formula is C21H19N5O3S2. The van der Waals surface area contributed by atoms with Crippen molar-refractivity contribution in [3.05, 3.63) is 46.4 Å². The Bertz CT molecular complexity index is 1180. The first-order valence-electron chi connectivity index (χ1n) is 9.94. The Morgan fingerprint density at radius 3 is 2.97 bits per heavy atom. The Morgan fingerprint density at radius 2 is 2.16 bits per heavy atom. The molecular weight excluding hydrogens is 434 g/mol. The Labute approximate surface area is 187 Å². The second-order valence-corrected chi connectivity index (χ2v) is 9.68. The summed E-state index contributed by atoms with van der Waals surface area (Å²) in [6, 6.07) is 7.77. The molecule has 0 radical (unpaired) electrons. The fraction of sp³-hybridized carbons (Fsp3) is 0.333. The number of benzene rings is 1. The molecule has 2 aliphatic heterocycles. The Hall–Kier alpha value is -3.03. The van der Waals surface area contributed by atoms with E-state index in [9.17, 15) is 10.1 Å². The van der Waals surface area contributed by atoms with Crippen molar-refractivity contribution in [1.82, 2.24) is 10.2 Å². The van der Waals surface area contributed by atoms with Crippen molar-refractivity contribution in [2.45, 2.75) is 36.4 Å². The van der Waals surface area contributed by atoms with Gasteiger partial charge in [0.2, 0.25) is 11.9 Å². The van der Waals surface area contributed by atoms with E-state index in [2.05, 4.69) is 16.3 Å². The lowest BCUT2D eigenvalue weighted by atomic mass is 9.76. The second kappa shape index (κ2) is 7.90. The molecule has 1 unspecified atom stereocenters. The van der Waals surface area contributed by atoms with Crippen LogP contribution in [0.1, 0.15) is 37.7 Å². The van der Waals surface area contributed by atoms with Crippen LogP contribution in [0.2, 0.25) is 0 Å². The number of rotatable bonds is 4.